The van der Waals surface area contributed by atoms with Gasteiger partial charge in [-0.3, -0.25) is 9.59 Å². The summed E-state index contributed by atoms with van der Waals surface area (Å²) in [5.41, 5.74) is 0. The van der Waals surface area contributed by atoms with Gasteiger partial charge in [-0.05, 0) is 5.92 Å². The molecular weight excluding hydrogens is 222 g/mol. The fourth-order valence-corrected chi connectivity index (χ4v) is 1.68. The lowest BCUT2D eigenvalue weighted by atomic mass is 10.0. The molecule has 0 fully saturated rings. The van der Waals surface area contributed by atoms with Crippen LogP contribution < -0.4 is 0 Å². The largest absolute Gasteiger partial charge is 0.480 e. The highest BCUT2D eigenvalue weighted by Gasteiger charge is 2.18. The molecule has 0 bridgehead atoms. The van der Waals surface area contributed by atoms with E-state index in [9.17, 15) is 9.59 Å². The molecule has 0 saturated heterocycles. The van der Waals surface area contributed by atoms with Gasteiger partial charge in [0.2, 0.25) is 5.91 Å². The summed E-state index contributed by atoms with van der Waals surface area (Å²) < 4.78 is 4.87. The van der Waals surface area contributed by atoms with Gasteiger partial charge in [0, 0.05) is 20.1 Å². The molecule has 0 aliphatic heterocycles. The van der Waals surface area contributed by atoms with Crippen LogP contribution in [0.5, 0.6) is 0 Å². The zero-order valence-corrected chi connectivity index (χ0v) is 10.9. The molecule has 0 aromatic heterocycles. The molecule has 17 heavy (non-hydrogen) atoms. The van der Waals surface area contributed by atoms with E-state index in [2.05, 4.69) is 6.92 Å². The number of hydrogen-bond donors (Lipinski definition) is 1. The van der Waals surface area contributed by atoms with Crippen LogP contribution in [0, 0.1) is 5.92 Å². The highest BCUT2D eigenvalue weighted by molar-refractivity contribution is 5.81. The molecule has 100 valence electrons. The van der Waals surface area contributed by atoms with Crippen LogP contribution in [0.15, 0.2) is 0 Å². The van der Waals surface area contributed by atoms with Gasteiger partial charge in [0.05, 0.1) is 6.61 Å². The Labute approximate surface area is 103 Å². The van der Waals surface area contributed by atoms with Crippen molar-refractivity contribution in [2.45, 2.75) is 33.1 Å². The Morgan fingerprint density at radius 3 is 2.53 bits per heavy atom. The summed E-state index contributed by atoms with van der Waals surface area (Å²) in [4.78, 5) is 23.9. The number of carboxylic acids is 1. The van der Waals surface area contributed by atoms with E-state index in [0.29, 0.717) is 25.5 Å². The van der Waals surface area contributed by atoms with E-state index in [1.54, 1.807) is 0 Å². The van der Waals surface area contributed by atoms with E-state index in [4.69, 9.17) is 9.84 Å². The summed E-state index contributed by atoms with van der Waals surface area (Å²) in [6.07, 6.45) is 2.42. The van der Waals surface area contributed by atoms with Crippen molar-refractivity contribution in [3.63, 3.8) is 0 Å². The summed E-state index contributed by atoms with van der Waals surface area (Å²) in [6.45, 7) is 4.53. The number of nitrogens with zero attached hydrogens (tertiary/aromatic N) is 1. The number of carbonyl (C=O) groups excluding carboxylic acids is 1. The minimum Gasteiger partial charge on any atom is -0.480 e. The van der Waals surface area contributed by atoms with Crippen molar-refractivity contribution < 1.29 is 19.4 Å². The lowest BCUT2D eigenvalue weighted by Gasteiger charge is -2.22. The standard InChI is InChI=1S/C12H23NO4/c1-4-5-10(2)8-11(14)13(6-7-17-3)9-12(15)16/h10H,4-9H2,1-3H3,(H,15,16). The molecule has 0 heterocycles. The van der Waals surface area contributed by atoms with Crippen LogP contribution in [-0.2, 0) is 14.3 Å². The van der Waals surface area contributed by atoms with Gasteiger partial charge in [-0.15, -0.1) is 0 Å². The first-order valence-corrected chi connectivity index (χ1v) is 5.99. The first-order valence-electron chi connectivity index (χ1n) is 5.99. The molecule has 1 N–H and O–H groups in total. The highest BCUT2D eigenvalue weighted by Crippen LogP contribution is 2.11. The first-order chi connectivity index (χ1) is 8.01. The molecule has 0 saturated carbocycles. The quantitative estimate of drug-likeness (QED) is 0.666. The van der Waals surface area contributed by atoms with Gasteiger partial charge in [-0.1, -0.05) is 26.7 Å². The van der Waals surface area contributed by atoms with Crippen molar-refractivity contribution in [3.8, 4) is 0 Å². The topological polar surface area (TPSA) is 66.8 Å². The maximum Gasteiger partial charge on any atom is 0.323 e. The first kappa shape index (κ1) is 15.9. The third-order valence-corrected chi connectivity index (χ3v) is 2.55. The Morgan fingerprint density at radius 2 is 2.06 bits per heavy atom. The number of rotatable bonds is 9. The van der Waals surface area contributed by atoms with Crippen molar-refractivity contribution in [2.24, 2.45) is 5.92 Å². The van der Waals surface area contributed by atoms with Gasteiger partial charge < -0.3 is 14.7 Å². The van der Waals surface area contributed by atoms with E-state index >= 15 is 0 Å². The molecule has 0 aliphatic rings. The van der Waals surface area contributed by atoms with Crippen LogP contribution in [0.2, 0.25) is 0 Å². The number of carboxylic acid groups (broad SMARTS) is 1. The molecule has 5 heteroatoms. The van der Waals surface area contributed by atoms with Gasteiger partial charge in [-0.25, -0.2) is 0 Å². The van der Waals surface area contributed by atoms with Gasteiger partial charge in [-0.2, -0.15) is 0 Å². The molecule has 1 atom stereocenters. The van der Waals surface area contributed by atoms with Crippen molar-refractivity contribution >= 4 is 11.9 Å². The van der Waals surface area contributed by atoms with Crippen LogP contribution in [0.1, 0.15) is 33.1 Å². The minimum atomic E-state index is -0.988. The number of aliphatic carboxylic acids is 1. The predicted molar refractivity (Wildman–Crippen MR) is 64.8 cm³/mol. The summed E-state index contributed by atoms with van der Waals surface area (Å²) in [7, 11) is 1.53. The number of ether oxygens (including phenoxy) is 1. The zero-order valence-electron chi connectivity index (χ0n) is 10.9. The van der Waals surface area contributed by atoms with Crippen molar-refractivity contribution in [1.82, 2.24) is 4.90 Å². The van der Waals surface area contributed by atoms with Crippen molar-refractivity contribution in [3.05, 3.63) is 0 Å². The molecule has 1 amide bonds. The van der Waals surface area contributed by atoms with Gasteiger partial charge in [0.15, 0.2) is 0 Å². The Bertz CT molecular complexity index is 243. The molecule has 5 nitrogen and oxygen atoms in total. The molecule has 0 aromatic rings. The minimum absolute atomic E-state index is 0.106. The van der Waals surface area contributed by atoms with Gasteiger partial charge in [0.1, 0.15) is 6.54 Å². The molecule has 1 unspecified atom stereocenters. The highest BCUT2D eigenvalue weighted by atomic mass is 16.5. The molecule has 0 aromatic carbocycles. The molecule has 0 rings (SSSR count). The predicted octanol–water partition coefficient (Wildman–Crippen LogP) is 1.37. The maximum atomic E-state index is 11.9. The monoisotopic (exact) mass is 245 g/mol. The third kappa shape index (κ3) is 7.74. The third-order valence-electron chi connectivity index (χ3n) is 2.55. The smallest absolute Gasteiger partial charge is 0.323 e. The number of carbonyl (C=O) groups is 2. The zero-order chi connectivity index (χ0) is 13.3. The number of methoxy groups -OCH3 is 1. The van der Waals surface area contributed by atoms with Gasteiger partial charge in [0.25, 0.3) is 0 Å². The number of amides is 1. The molecular formula is C12H23NO4. The second kappa shape index (κ2) is 8.98. The van der Waals surface area contributed by atoms with Crippen LogP contribution in [0.3, 0.4) is 0 Å². The van der Waals surface area contributed by atoms with Crippen LogP contribution in [-0.4, -0.2) is 48.7 Å². The van der Waals surface area contributed by atoms with Crippen LogP contribution in [0.4, 0.5) is 0 Å². The Hall–Kier alpha value is -1.10. The van der Waals surface area contributed by atoms with E-state index in [-0.39, 0.29) is 12.5 Å². The Balaban J connectivity index is 4.25. The molecule has 0 spiro atoms. The Kier molecular flexibility index (Phi) is 8.40. The van der Waals surface area contributed by atoms with Crippen LogP contribution >= 0.6 is 0 Å². The van der Waals surface area contributed by atoms with E-state index in [1.165, 1.54) is 12.0 Å². The maximum absolute atomic E-state index is 11.9. The SMILES string of the molecule is CCCC(C)CC(=O)N(CCOC)CC(=O)O. The van der Waals surface area contributed by atoms with E-state index in [0.717, 1.165) is 12.8 Å². The second-order valence-corrected chi connectivity index (χ2v) is 4.30. The summed E-state index contributed by atoms with van der Waals surface area (Å²) in [6, 6.07) is 0. The van der Waals surface area contributed by atoms with Crippen molar-refractivity contribution in [1.29, 1.82) is 0 Å². The molecule has 0 aliphatic carbocycles. The summed E-state index contributed by atoms with van der Waals surface area (Å²) >= 11 is 0. The lowest BCUT2D eigenvalue weighted by molar-refractivity contribution is -0.145. The van der Waals surface area contributed by atoms with E-state index in [1.807, 2.05) is 6.92 Å². The van der Waals surface area contributed by atoms with E-state index < -0.39 is 5.97 Å². The molecule has 0 radical (unpaired) electrons. The van der Waals surface area contributed by atoms with Crippen LogP contribution in [0.25, 0.3) is 0 Å². The average Bonchev–Trinajstić information content (AvgIpc) is 2.23. The summed E-state index contributed by atoms with van der Waals surface area (Å²) in [5.74, 6) is -0.797. The summed E-state index contributed by atoms with van der Waals surface area (Å²) in [5, 5.41) is 8.73. The van der Waals surface area contributed by atoms with Crippen molar-refractivity contribution in [2.75, 3.05) is 26.8 Å². The lowest BCUT2D eigenvalue weighted by Crippen LogP contribution is -2.38. The van der Waals surface area contributed by atoms with Gasteiger partial charge >= 0.3 is 5.97 Å². The second-order valence-electron chi connectivity index (χ2n) is 4.30. The fourth-order valence-electron chi connectivity index (χ4n) is 1.68. The number of hydrogen-bond acceptors (Lipinski definition) is 3. The normalized spacial score (nSPS) is 12.2. The average molecular weight is 245 g/mol. The fraction of sp³-hybridized carbons (Fsp3) is 0.833. The Morgan fingerprint density at radius 1 is 1.41 bits per heavy atom.